The molecule has 0 aromatic carbocycles. The molecule has 2 rings (SSSR count). The number of likely N-dealkylation sites (tertiary alicyclic amines) is 1. The summed E-state index contributed by atoms with van der Waals surface area (Å²) in [7, 11) is 0. The summed E-state index contributed by atoms with van der Waals surface area (Å²) in [6.45, 7) is 4.97. The zero-order valence-electron chi connectivity index (χ0n) is 9.53. The number of hydrogen-bond acceptors (Lipinski definition) is 3. The van der Waals surface area contributed by atoms with Crippen molar-refractivity contribution in [2.75, 3.05) is 13.1 Å². The van der Waals surface area contributed by atoms with Crippen LogP contribution in [0.5, 0.6) is 0 Å². The number of ketones is 1. The maximum Gasteiger partial charge on any atom is 0.264 e. The molecule has 0 radical (unpaired) electrons. The Kier molecular flexibility index (Phi) is 3.10. The van der Waals surface area contributed by atoms with E-state index < -0.39 is 0 Å². The lowest BCUT2D eigenvalue weighted by atomic mass is 9.98. The molecule has 0 saturated carbocycles. The van der Waals surface area contributed by atoms with Gasteiger partial charge in [0.1, 0.15) is 5.78 Å². The molecule has 0 aliphatic carbocycles. The van der Waals surface area contributed by atoms with E-state index in [4.69, 9.17) is 0 Å². The minimum Gasteiger partial charge on any atom is -0.337 e. The SMILES string of the molecule is Cc1ccsc1C(=O)N1CCC(=O)C(C)C1. The second kappa shape index (κ2) is 4.37. The van der Waals surface area contributed by atoms with Crippen LogP contribution in [0.4, 0.5) is 0 Å². The Morgan fingerprint density at radius 2 is 2.31 bits per heavy atom. The lowest BCUT2D eigenvalue weighted by molar-refractivity contribution is -0.124. The van der Waals surface area contributed by atoms with Gasteiger partial charge in [0, 0.05) is 25.4 Å². The van der Waals surface area contributed by atoms with E-state index in [-0.39, 0.29) is 17.6 Å². The number of carbonyl (C=O) groups is 2. The van der Waals surface area contributed by atoms with E-state index in [9.17, 15) is 9.59 Å². The minimum atomic E-state index is -0.0158. The molecule has 1 aliphatic rings. The number of aryl methyl sites for hydroxylation is 1. The number of carbonyl (C=O) groups excluding carboxylic acids is 2. The number of piperidine rings is 1. The van der Waals surface area contributed by atoms with Crippen LogP contribution >= 0.6 is 11.3 Å². The Hall–Kier alpha value is -1.16. The van der Waals surface area contributed by atoms with Gasteiger partial charge in [0.25, 0.3) is 5.91 Å². The number of rotatable bonds is 1. The standard InChI is InChI=1S/C12H15NO2S/c1-8-4-6-16-11(8)12(15)13-5-3-10(14)9(2)7-13/h4,6,9H,3,5,7H2,1-2H3. The maximum absolute atomic E-state index is 12.2. The molecule has 4 heteroatoms. The first-order valence-electron chi connectivity index (χ1n) is 5.45. The molecule has 1 aromatic rings. The number of Topliss-reactive ketones (excluding diaryl/α,β-unsaturated/α-hetero) is 1. The largest absolute Gasteiger partial charge is 0.337 e. The van der Waals surface area contributed by atoms with Gasteiger partial charge in [-0.25, -0.2) is 0 Å². The van der Waals surface area contributed by atoms with Crippen molar-refractivity contribution in [1.82, 2.24) is 4.90 Å². The molecular weight excluding hydrogens is 222 g/mol. The third-order valence-electron chi connectivity index (χ3n) is 3.02. The van der Waals surface area contributed by atoms with E-state index in [1.165, 1.54) is 11.3 Å². The number of nitrogens with zero attached hydrogens (tertiary/aromatic N) is 1. The van der Waals surface area contributed by atoms with Crippen molar-refractivity contribution in [3.8, 4) is 0 Å². The van der Waals surface area contributed by atoms with E-state index >= 15 is 0 Å². The molecule has 1 saturated heterocycles. The van der Waals surface area contributed by atoms with E-state index in [2.05, 4.69) is 0 Å². The Balaban J connectivity index is 2.12. The number of hydrogen-bond donors (Lipinski definition) is 0. The highest BCUT2D eigenvalue weighted by molar-refractivity contribution is 7.12. The fourth-order valence-corrected chi connectivity index (χ4v) is 2.83. The molecule has 0 spiro atoms. The van der Waals surface area contributed by atoms with Crippen molar-refractivity contribution in [2.45, 2.75) is 20.3 Å². The van der Waals surface area contributed by atoms with Crippen LogP contribution in [0.1, 0.15) is 28.6 Å². The van der Waals surface area contributed by atoms with Crippen LogP contribution in [0.15, 0.2) is 11.4 Å². The van der Waals surface area contributed by atoms with Crippen LogP contribution in [0.3, 0.4) is 0 Å². The second-order valence-corrected chi connectivity index (χ2v) is 5.22. The van der Waals surface area contributed by atoms with Gasteiger partial charge in [-0.2, -0.15) is 0 Å². The van der Waals surface area contributed by atoms with Crippen molar-refractivity contribution in [3.05, 3.63) is 21.9 Å². The second-order valence-electron chi connectivity index (χ2n) is 4.30. The Morgan fingerprint density at radius 1 is 1.56 bits per heavy atom. The summed E-state index contributed by atoms with van der Waals surface area (Å²) in [6, 6.07) is 1.95. The monoisotopic (exact) mass is 237 g/mol. The third kappa shape index (κ3) is 2.02. The molecule has 2 heterocycles. The summed E-state index contributed by atoms with van der Waals surface area (Å²) in [6.07, 6.45) is 0.497. The number of amides is 1. The van der Waals surface area contributed by atoms with Crippen LogP contribution < -0.4 is 0 Å². The van der Waals surface area contributed by atoms with Gasteiger partial charge in [0.15, 0.2) is 0 Å². The van der Waals surface area contributed by atoms with Gasteiger partial charge in [0.05, 0.1) is 4.88 Å². The minimum absolute atomic E-state index is 0.0158. The first-order chi connectivity index (χ1) is 7.59. The lowest BCUT2D eigenvalue weighted by Gasteiger charge is -2.29. The van der Waals surface area contributed by atoms with Gasteiger partial charge in [-0.3, -0.25) is 9.59 Å². The van der Waals surface area contributed by atoms with Gasteiger partial charge in [-0.15, -0.1) is 11.3 Å². The Morgan fingerprint density at radius 3 is 2.88 bits per heavy atom. The van der Waals surface area contributed by atoms with Crippen molar-refractivity contribution in [1.29, 1.82) is 0 Å². The van der Waals surface area contributed by atoms with E-state index in [0.717, 1.165) is 10.4 Å². The topological polar surface area (TPSA) is 37.4 Å². The summed E-state index contributed by atoms with van der Waals surface area (Å²) in [5.41, 5.74) is 1.03. The van der Waals surface area contributed by atoms with Gasteiger partial charge in [-0.1, -0.05) is 6.92 Å². The Labute approximate surface area is 99.1 Å². The molecule has 1 fully saturated rings. The fraction of sp³-hybridized carbons (Fsp3) is 0.500. The van der Waals surface area contributed by atoms with Crippen molar-refractivity contribution in [2.24, 2.45) is 5.92 Å². The maximum atomic E-state index is 12.2. The summed E-state index contributed by atoms with van der Waals surface area (Å²) in [5, 5.41) is 1.93. The van der Waals surface area contributed by atoms with E-state index in [1.807, 2.05) is 25.3 Å². The van der Waals surface area contributed by atoms with Gasteiger partial charge in [-0.05, 0) is 23.9 Å². The van der Waals surface area contributed by atoms with Crippen LogP contribution in [0.2, 0.25) is 0 Å². The van der Waals surface area contributed by atoms with Crippen molar-refractivity contribution >= 4 is 23.0 Å². The van der Waals surface area contributed by atoms with Crippen LogP contribution in [0, 0.1) is 12.8 Å². The molecule has 1 atom stereocenters. The molecule has 86 valence electrons. The average Bonchev–Trinajstić information content (AvgIpc) is 2.67. The van der Waals surface area contributed by atoms with E-state index in [0.29, 0.717) is 19.5 Å². The molecule has 1 amide bonds. The summed E-state index contributed by atoms with van der Waals surface area (Å²) < 4.78 is 0. The zero-order valence-corrected chi connectivity index (χ0v) is 10.3. The number of thiophene rings is 1. The molecule has 1 unspecified atom stereocenters. The molecular formula is C12H15NO2S. The van der Waals surface area contributed by atoms with Crippen LogP contribution in [0.25, 0.3) is 0 Å². The molecule has 1 aromatic heterocycles. The van der Waals surface area contributed by atoms with Crippen LogP contribution in [-0.4, -0.2) is 29.7 Å². The van der Waals surface area contributed by atoms with Crippen molar-refractivity contribution in [3.63, 3.8) is 0 Å². The lowest BCUT2D eigenvalue weighted by Crippen LogP contribution is -2.43. The third-order valence-corrected chi connectivity index (χ3v) is 4.02. The van der Waals surface area contributed by atoms with Gasteiger partial charge in [0.2, 0.25) is 0 Å². The molecule has 1 aliphatic heterocycles. The highest BCUT2D eigenvalue weighted by Crippen LogP contribution is 2.21. The molecule has 0 N–H and O–H groups in total. The highest BCUT2D eigenvalue weighted by Gasteiger charge is 2.28. The fourth-order valence-electron chi connectivity index (χ4n) is 1.94. The van der Waals surface area contributed by atoms with E-state index in [1.54, 1.807) is 4.90 Å². The zero-order chi connectivity index (χ0) is 11.7. The first kappa shape index (κ1) is 11.3. The average molecular weight is 237 g/mol. The predicted molar refractivity (Wildman–Crippen MR) is 63.7 cm³/mol. The highest BCUT2D eigenvalue weighted by atomic mass is 32.1. The van der Waals surface area contributed by atoms with Crippen LogP contribution in [-0.2, 0) is 4.79 Å². The molecule has 0 bridgehead atoms. The predicted octanol–water partition coefficient (Wildman–Crippen LogP) is 2.11. The molecule has 3 nitrogen and oxygen atoms in total. The van der Waals surface area contributed by atoms with Gasteiger partial charge < -0.3 is 4.90 Å². The smallest absolute Gasteiger partial charge is 0.264 e. The quantitative estimate of drug-likeness (QED) is 0.750. The normalized spacial score (nSPS) is 21.2. The van der Waals surface area contributed by atoms with Crippen molar-refractivity contribution < 1.29 is 9.59 Å². The van der Waals surface area contributed by atoms with Gasteiger partial charge >= 0.3 is 0 Å². The summed E-state index contributed by atoms with van der Waals surface area (Å²) in [5.74, 6) is 0.330. The summed E-state index contributed by atoms with van der Waals surface area (Å²) >= 11 is 1.48. The molecule has 16 heavy (non-hydrogen) atoms. The summed E-state index contributed by atoms with van der Waals surface area (Å²) in [4.78, 5) is 26.1. The Bertz CT molecular complexity index is 424. The first-order valence-corrected chi connectivity index (χ1v) is 6.33.